The first kappa shape index (κ1) is 29.9. The second-order valence-electron chi connectivity index (χ2n) is 10.8. The van der Waals surface area contributed by atoms with E-state index in [2.05, 4.69) is 35.5 Å². The summed E-state index contributed by atoms with van der Waals surface area (Å²) in [6, 6.07) is 19.6. The molecule has 0 spiro atoms. The Hall–Kier alpha value is -5.13. The molecule has 1 fully saturated rings. The number of ketones is 1. The van der Waals surface area contributed by atoms with Gasteiger partial charge in [0.1, 0.15) is 24.6 Å². The van der Waals surface area contributed by atoms with Gasteiger partial charge in [0.2, 0.25) is 5.91 Å². The lowest BCUT2D eigenvalue weighted by Crippen LogP contribution is -2.36. The number of hydrogen-bond acceptors (Lipinski definition) is 9. The van der Waals surface area contributed by atoms with Crippen LogP contribution in [-0.2, 0) is 20.9 Å². The summed E-state index contributed by atoms with van der Waals surface area (Å²) >= 11 is 0. The maximum atomic E-state index is 12.6. The van der Waals surface area contributed by atoms with Crippen LogP contribution in [0, 0.1) is 0 Å². The van der Waals surface area contributed by atoms with Crippen LogP contribution >= 0.6 is 0 Å². The van der Waals surface area contributed by atoms with Gasteiger partial charge >= 0.3 is 0 Å². The van der Waals surface area contributed by atoms with Crippen LogP contribution in [0.2, 0.25) is 0 Å². The number of nitrogens with one attached hydrogen (secondary N) is 3. The van der Waals surface area contributed by atoms with Crippen LogP contribution in [-0.4, -0.2) is 69.4 Å². The van der Waals surface area contributed by atoms with E-state index in [4.69, 9.17) is 9.47 Å². The number of amides is 1. The molecule has 1 saturated heterocycles. The molecule has 2 aromatic carbocycles. The normalized spacial score (nSPS) is 13.8. The Morgan fingerprint density at radius 1 is 0.978 bits per heavy atom. The summed E-state index contributed by atoms with van der Waals surface area (Å²) in [5.74, 6) is 1.07. The van der Waals surface area contributed by atoms with Crippen LogP contribution in [0.25, 0.3) is 21.8 Å². The second kappa shape index (κ2) is 14.6. The number of fused-ring (bicyclic) bond motifs is 2. The maximum absolute atomic E-state index is 12.6. The first-order chi connectivity index (χ1) is 22.1. The standard InChI is InChI=1S/C34H35N7O4/c42-27(8-4-5-13-41-14-16-44-17-15-41)10-12-32(43)40-31-20-28-30(21-35-31)36-23-37-34(28)38-26-9-11-29-25(18-26)19-33(39-29)45-22-24-6-2-1-3-7-24/h1-3,6-7,9-12,18-21,23,39H,4-5,8,13-17,22H2,(H,35,40,43)(H,36,37,38)/b12-10+. The molecule has 11 heteroatoms. The fraction of sp³-hybridized carbons (Fsp3) is 0.265. The van der Waals surface area contributed by atoms with Crippen LogP contribution in [0.4, 0.5) is 17.3 Å². The third kappa shape index (κ3) is 8.28. The monoisotopic (exact) mass is 605 g/mol. The van der Waals surface area contributed by atoms with Crippen molar-refractivity contribution in [2.45, 2.75) is 25.9 Å². The van der Waals surface area contributed by atoms with Crippen LogP contribution in [0.15, 0.2) is 85.3 Å². The molecule has 1 aliphatic heterocycles. The molecule has 6 rings (SSSR count). The number of nitrogens with zero attached hydrogens (tertiary/aromatic N) is 4. The molecule has 45 heavy (non-hydrogen) atoms. The van der Waals surface area contributed by atoms with E-state index in [1.165, 1.54) is 18.5 Å². The average Bonchev–Trinajstić information content (AvgIpc) is 3.48. The van der Waals surface area contributed by atoms with Crippen molar-refractivity contribution in [1.29, 1.82) is 0 Å². The largest absolute Gasteiger partial charge is 0.474 e. The van der Waals surface area contributed by atoms with Crippen molar-refractivity contribution < 1.29 is 19.1 Å². The number of unbranched alkanes of at least 4 members (excludes halogenated alkanes) is 1. The zero-order valence-corrected chi connectivity index (χ0v) is 24.9. The van der Waals surface area contributed by atoms with Crippen molar-refractivity contribution in [3.05, 3.63) is 90.9 Å². The highest BCUT2D eigenvalue weighted by Crippen LogP contribution is 2.28. The number of anilines is 3. The number of aromatic nitrogens is 4. The number of H-pyrrole nitrogens is 1. The highest BCUT2D eigenvalue weighted by molar-refractivity contribution is 6.04. The number of carbonyl (C=O) groups excluding carboxylic acids is 2. The van der Waals surface area contributed by atoms with Crippen molar-refractivity contribution in [2.75, 3.05) is 43.5 Å². The van der Waals surface area contributed by atoms with Gasteiger partial charge in [-0.25, -0.2) is 15.0 Å². The first-order valence-electron chi connectivity index (χ1n) is 15.1. The van der Waals surface area contributed by atoms with Crippen molar-refractivity contribution in [3.8, 4) is 5.88 Å². The van der Waals surface area contributed by atoms with Gasteiger partial charge in [-0.2, -0.15) is 0 Å². The molecule has 1 aliphatic rings. The molecule has 1 amide bonds. The van der Waals surface area contributed by atoms with Gasteiger partial charge in [-0.3, -0.25) is 14.5 Å². The smallest absolute Gasteiger partial charge is 0.249 e. The predicted octanol–water partition coefficient (Wildman–Crippen LogP) is 5.40. The van der Waals surface area contributed by atoms with E-state index < -0.39 is 5.91 Å². The summed E-state index contributed by atoms with van der Waals surface area (Å²) in [4.78, 5) is 43.5. The van der Waals surface area contributed by atoms with E-state index in [1.807, 2.05) is 54.6 Å². The topological polar surface area (TPSA) is 134 Å². The average molecular weight is 606 g/mol. The number of aromatic amines is 1. The molecule has 230 valence electrons. The summed E-state index contributed by atoms with van der Waals surface area (Å²) in [5, 5.41) is 7.76. The fourth-order valence-electron chi connectivity index (χ4n) is 5.14. The van der Waals surface area contributed by atoms with Crippen LogP contribution in [0.5, 0.6) is 5.88 Å². The molecular formula is C34H35N7O4. The van der Waals surface area contributed by atoms with Gasteiger partial charge in [-0.05, 0) is 55.3 Å². The molecule has 4 heterocycles. The molecule has 11 nitrogen and oxygen atoms in total. The molecule has 0 atom stereocenters. The molecule has 0 saturated carbocycles. The summed E-state index contributed by atoms with van der Waals surface area (Å²) in [7, 11) is 0. The van der Waals surface area contributed by atoms with E-state index in [0.29, 0.717) is 41.4 Å². The number of carbonyl (C=O) groups is 2. The second-order valence-corrected chi connectivity index (χ2v) is 10.8. The van der Waals surface area contributed by atoms with Gasteiger partial charge in [-0.1, -0.05) is 30.3 Å². The first-order valence-corrected chi connectivity index (χ1v) is 15.1. The molecule has 0 radical (unpaired) electrons. The third-order valence-corrected chi connectivity index (χ3v) is 7.54. The predicted molar refractivity (Wildman–Crippen MR) is 174 cm³/mol. The summed E-state index contributed by atoms with van der Waals surface area (Å²) < 4.78 is 11.3. The van der Waals surface area contributed by atoms with Gasteiger partial charge in [0.25, 0.3) is 0 Å². The molecular weight excluding hydrogens is 570 g/mol. The summed E-state index contributed by atoms with van der Waals surface area (Å²) in [6.45, 7) is 4.85. The van der Waals surface area contributed by atoms with E-state index in [-0.39, 0.29) is 5.78 Å². The molecule has 0 bridgehead atoms. The van der Waals surface area contributed by atoms with Crippen molar-refractivity contribution in [1.82, 2.24) is 24.8 Å². The minimum absolute atomic E-state index is 0.0762. The zero-order valence-electron chi connectivity index (χ0n) is 24.9. The number of rotatable bonds is 13. The molecule has 0 aliphatic carbocycles. The minimum atomic E-state index is -0.432. The molecule has 3 aromatic heterocycles. The SMILES string of the molecule is O=C(/C=C/C(=O)Nc1cc2c(Nc3ccc4[nH]c(OCc5ccccc5)cc4c3)ncnc2cn1)CCCCN1CCOCC1. The Bertz CT molecular complexity index is 1800. The quantitative estimate of drug-likeness (QED) is 0.119. The van der Waals surface area contributed by atoms with Gasteiger partial charge in [0.05, 0.1) is 24.9 Å². The number of ether oxygens (including phenoxy) is 2. The van der Waals surface area contributed by atoms with Crippen molar-refractivity contribution in [3.63, 3.8) is 0 Å². The Balaban J connectivity index is 1.05. The lowest BCUT2D eigenvalue weighted by Gasteiger charge is -2.26. The van der Waals surface area contributed by atoms with E-state index >= 15 is 0 Å². The Morgan fingerprint density at radius 3 is 2.71 bits per heavy atom. The van der Waals surface area contributed by atoms with E-state index in [9.17, 15) is 9.59 Å². The van der Waals surface area contributed by atoms with Crippen molar-refractivity contribution >= 4 is 50.8 Å². The van der Waals surface area contributed by atoms with E-state index in [1.54, 1.807) is 12.3 Å². The Morgan fingerprint density at radius 2 is 1.84 bits per heavy atom. The zero-order chi connectivity index (χ0) is 30.8. The number of benzene rings is 2. The third-order valence-electron chi connectivity index (χ3n) is 7.54. The van der Waals surface area contributed by atoms with Gasteiger partial charge in [-0.15, -0.1) is 0 Å². The fourth-order valence-corrected chi connectivity index (χ4v) is 5.14. The number of pyridine rings is 1. The van der Waals surface area contributed by atoms with Gasteiger partial charge in [0, 0.05) is 53.6 Å². The lowest BCUT2D eigenvalue weighted by atomic mass is 10.1. The van der Waals surface area contributed by atoms with Crippen LogP contribution in [0.1, 0.15) is 24.8 Å². The lowest BCUT2D eigenvalue weighted by molar-refractivity contribution is -0.115. The summed E-state index contributed by atoms with van der Waals surface area (Å²) in [6.07, 6.45) is 7.75. The molecule has 5 aromatic rings. The van der Waals surface area contributed by atoms with Crippen molar-refractivity contribution in [2.24, 2.45) is 0 Å². The number of morpholine rings is 1. The van der Waals surface area contributed by atoms with Crippen LogP contribution < -0.4 is 15.4 Å². The summed E-state index contributed by atoms with van der Waals surface area (Å²) in [5.41, 5.74) is 3.48. The highest BCUT2D eigenvalue weighted by Gasteiger charge is 2.11. The maximum Gasteiger partial charge on any atom is 0.249 e. The minimum Gasteiger partial charge on any atom is -0.474 e. The van der Waals surface area contributed by atoms with Crippen LogP contribution in [0.3, 0.4) is 0 Å². The number of allylic oxidation sites excluding steroid dienone is 1. The molecule has 3 N–H and O–H groups in total. The Labute approximate surface area is 260 Å². The van der Waals surface area contributed by atoms with Gasteiger partial charge in [0.15, 0.2) is 11.7 Å². The van der Waals surface area contributed by atoms with Gasteiger partial charge < -0.3 is 25.1 Å². The number of hydrogen-bond donors (Lipinski definition) is 3. The van der Waals surface area contributed by atoms with E-state index in [0.717, 1.165) is 67.8 Å². The Kier molecular flexibility index (Phi) is 9.68. The highest BCUT2D eigenvalue weighted by atomic mass is 16.5. The molecule has 0 unspecified atom stereocenters.